The first-order valence-electron chi connectivity index (χ1n) is 3.38. The molecular weight excluding hydrogens is 142 g/mol. The van der Waals surface area contributed by atoms with E-state index in [2.05, 4.69) is 10.6 Å². The normalized spacial score (nSPS) is 10.4. The number of amides is 1. The van der Waals surface area contributed by atoms with Gasteiger partial charge in [0.2, 0.25) is 5.91 Å². The van der Waals surface area contributed by atoms with Crippen molar-refractivity contribution in [2.45, 2.75) is 19.4 Å². The summed E-state index contributed by atoms with van der Waals surface area (Å²) < 4.78 is 0. The molecule has 2 N–H and O–H groups in total. The Kier molecular flexibility index (Phi) is 3.55. The molecule has 0 aromatic heterocycles. The van der Waals surface area contributed by atoms with Crippen molar-refractivity contribution in [1.29, 1.82) is 5.26 Å². The number of carbonyl (C=O) groups is 1. The fourth-order valence-electron chi connectivity index (χ4n) is 0.429. The summed E-state index contributed by atoms with van der Waals surface area (Å²) in [5.74, 6) is -0.117. The van der Waals surface area contributed by atoms with E-state index in [-0.39, 0.29) is 12.5 Å². The fourth-order valence-corrected chi connectivity index (χ4v) is 0.429. The van der Waals surface area contributed by atoms with Crippen molar-refractivity contribution in [3.8, 4) is 6.07 Å². The molecule has 0 bridgehead atoms. The molecule has 0 heterocycles. The molecule has 0 fully saturated rings. The first-order valence-corrected chi connectivity index (χ1v) is 3.38. The van der Waals surface area contributed by atoms with E-state index in [1.54, 1.807) is 20.9 Å². The lowest BCUT2D eigenvalue weighted by Gasteiger charge is -2.16. The van der Waals surface area contributed by atoms with Crippen LogP contribution in [0.5, 0.6) is 0 Å². The van der Waals surface area contributed by atoms with E-state index in [9.17, 15) is 4.79 Å². The third-order valence-corrected chi connectivity index (χ3v) is 1.25. The highest BCUT2D eigenvalue weighted by atomic mass is 16.1. The Morgan fingerprint density at radius 2 is 2.18 bits per heavy atom. The van der Waals surface area contributed by atoms with Crippen molar-refractivity contribution in [3.63, 3.8) is 0 Å². The second kappa shape index (κ2) is 3.94. The van der Waals surface area contributed by atoms with Gasteiger partial charge in [-0.15, -0.1) is 0 Å². The highest BCUT2D eigenvalue weighted by molar-refractivity contribution is 5.77. The number of nitriles is 1. The van der Waals surface area contributed by atoms with Gasteiger partial charge in [0.15, 0.2) is 0 Å². The molecule has 4 nitrogen and oxygen atoms in total. The van der Waals surface area contributed by atoms with Gasteiger partial charge in [-0.2, -0.15) is 5.26 Å². The van der Waals surface area contributed by atoms with Crippen LogP contribution in [0.2, 0.25) is 0 Å². The van der Waals surface area contributed by atoms with Crippen molar-refractivity contribution < 1.29 is 4.79 Å². The van der Waals surface area contributed by atoms with Crippen LogP contribution in [0.4, 0.5) is 0 Å². The first-order chi connectivity index (χ1) is 5.02. The minimum atomic E-state index is -0.632. The van der Waals surface area contributed by atoms with Crippen molar-refractivity contribution in [2.24, 2.45) is 0 Å². The summed E-state index contributed by atoms with van der Waals surface area (Å²) in [4.78, 5) is 10.7. The van der Waals surface area contributed by atoms with Crippen LogP contribution in [0, 0.1) is 11.3 Å². The number of likely N-dealkylation sites (N-methyl/N-ethyl adjacent to an activating group) is 1. The van der Waals surface area contributed by atoms with Gasteiger partial charge in [0.1, 0.15) is 5.54 Å². The lowest BCUT2D eigenvalue weighted by Crippen LogP contribution is -2.43. The smallest absolute Gasteiger partial charge is 0.233 e. The van der Waals surface area contributed by atoms with Crippen LogP contribution in [-0.2, 0) is 4.79 Å². The molecule has 0 aromatic rings. The summed E-state index contributed by atoms with van der Waals surface area (Å²) in [5, 5.41) is 13.8. The number of hydrogen-bond donors (Lipinski definition) is 2. The number of nitrogens with one attached hydrogen (secondary N) is 2. The predicted octanol–water partition coefficient (Wildman–Crippen LogP) is -0.376. The van der Waals surface area contributed by atoms with Gasteiger partial charge in [0, 0.05) is 7.05 Å². The van der Waals surface area contributed by atoms with Gasteiger partial charge < -0.3 is 5.32 Å². The fraction of sp³-hybridized carbons (Fsp3) is 0.714. The van der Waals surface area contributed by atoms with Crippen LogP contribution < -0.4 is 10.6 Å². The molecule has 0 unspecified atom stereocenters. The van der Waals surface area contributed by atoms with Gasteiger partial charge in [-0.3, -0.25) is 10.1 Å². The van der Waals surface area contributed by atoms with Gasteiger partial charge in [0.25, 0.3) is 0 Å². The maximum Gasteiger partial charge on any atom is 0.233 e. The first kappa shape index (κ1) is 9.92. The van der Waals surface area contributed by atoms with Crippen LogP contribution >= 0.6 is 0 Å². The molecule has 62 valence electrons. The monoisotopic (exact) mass is 155 g/mol. The predicted molar refractivity (Wildman–Crippen MR) is 41.8 cm³/mol. The van der Waals surface area contributed by atoms with E-state index in [0.29, 0.717) is 0 Å². The Bertz CT molecular complexity index is 181. The third kappa shape index (κ3) is 4.34. The minimum Gasteiger partial charge on any atom is -0.358 e. The van der Waals surface area contributed by atoms with Crippen molar-refractivity contribution in [2.75, 3.05) is 13.6 Å². The molecule has 0 saturated carbocycles. The minimum absolute atomic E-state index is 0.117. The topological polar surface area (TPSA) is 64.9 Å². The van der Waals surface area contributed by atoms with Crippen molar-refractivity contribution in [1.82, 2.24) is 10.6 Å². The molecule has 0 atom stereocenters. The zero-order chi connectivity index (χ0) is 8.91. The van der Waals surface area contributed by atoms with Crippen LogP contribution in [0.25, 0.3) is 0 Å². The summed E-state index contributed by atoms with van der Waals surface area (Å²) in [5.41, 5.74) is -0.632. The van der Waals surface area contributed by atoms with Crippen LogP contribution in [0.15, 0.2) is 0 Å². The molecule has 4 heteroatoms. The third-order valence-electron chi connectivity index (χ3n) is 1.25. The maximum absolute atomic E-state index is 10.7. The second-order valence-corrected chi connectivity index (χ2v) is 2.76. The molecule has 11 heavy (non-hydrogen) atoms. The quantitative estimate of drug-likeness (QED) is 0.584. The number of hydrogen-bond acceptors (Lipinski definition) is 3. The molecule has 0 radical (unpaired) electrons. The lowest BCUT2D eigenvalue weighted by atomic mass is 10.1. The van der Waals surface area contributed by atoms with Crippen molar-refractivity contribution in [3.05, 3.63) is 0 Å². The molecular formula is C7H13N3O. The van der Waals surface area contributed by atoms with Gasteiger partial charge in [-0.1, -0.05) is 0 Å². The summed E-state index contributed by atoms with van der Waals surface area (Å²) in [6.07, 6.45) is 0. The molecule has 0 aliphatic carbocycles. The van der Waals surface area contributed by atoms with E-state index in [0.717, 1.165) is 0 Å². The van der Waals surface area contributed by atoms with Crippen molar-refractivity contribution >= 4 is 5.91 Å². The molecule has 0 saturated heterocycles. The maximum atomic E-state index is 10.7. The van der Waals surface area contributed by atoms with E-state index in [4.69, 9.17) is 5.26 Å². The highest BCUT2D eigenvalue weighted by Crippen LogP contribution is 1.96. The Balaban J connectivity index is 3.72. The van der Waals surface area contributed by atoms with Crippen LogP contribution in [-0.4, -0.2) is 25.0 Å². The highest BCUT2D eigenvalue weighted by Gasteiger charge is 2.15. The van der Waals surface area contributed by atoms with Gasteiger partial charge in [-0.05, 0) is 13.8 Å². The molecule has 0 spiro atoms. The summed E-state index contributed by atoms with van der Waals surface area (Å²) in [6.45, 7) is 3.61. The van der Waals surface area contributed by atoms with Gasteiger partial charge in [0.05, 0.1) is 12.6 Å². The SMILES string of the molecule is CNC(=O)CNC(C)(C)C#N. The molecule has 1 amide bonds. The Labute approximate surface area is 66.6 Å². The summed E-state index contributed by atoms with van der Waals surface area (Å²) >= 11 is 0. The largest absolute Gasteiger partial charge is 0.358 e. The average Bonchev–Trinajstić information content (AvgIpc) is 2.00. The average molecular weight is 155 g/mol. The summed E-state index contributed by atoms with van der Waals surface area (Å²) in [7, 11) is 1.56. The number of rotatable bonds is 3. The second-order valence-electron chi connectivity index (χ2n) is 2.76. The zero-order valence-corrected chi connectivity index (χ0v) is 7.06. The Hall–Kier alpha value is -1.08. The van der Waals surface area contributed by atoms with E-state index >= 15 is 0 Å². The zero-order valence-electron chi connectivity index (χ0n) is 7.06. The van der Waals surface area contributed by atoms with E-state index < -0.39 is 5.54 Å². The number of nitrogens with zero attached hydrogens (tertiary/aromatic N) is 1. The molecule has 0 aliphatic heterocycles. The van der Waals surface area contributed by atoms with Crippen LogP contribution in [0.3, 0.4) is 0 Å². The van der Waals surface area contributed by atoms with Gasteiger partial charge >= 0.3 is 0 Å². The summed E-state index contributed by atoms with van der Waals surface area (Å²) in [6, 6.07) is 2.03. The molecule has 0 aliphatic rings. The van der Waals surface area contributed by atoms with Crippen LogP contribution in [0.1, 0.15) is 13.8 Å². The van der Waals surface area contributed by atoms with E-state index in [1.165, 1.54) is 0 Å². The Morgan fingerprint density at radius 3 is 2.55 bits per heavy atom. The number of carbonyl (C=O) groups excluding carboxylic acids is 1. The van der Waals surface area contributed by atoms with Gasteiger partial charge in [-0.25, -0.2) is 0 Å². The van der Waals surface area contributed by atoms with E-state index in [1.807, 2.05) is 6.07 Å². The molecule has 0 rings (SSSR count). The lowest BCUT2D eigenvalue weighted by molar-refractivity contribution is -0.119. The Morgan fingerprint density at radius 1 is 1.64 bits per heavy atom. The molecule has 0 aromatic carbocycles. The standard InChI is InChI=1S/C7H13N3O/c1-7(2,5-8)10-4-6(11)9-3/h10H,4H2,1-3H3,(H,9,11).